The highest BCUT2D eigenvalue weighted by Crippen LogP contribution is 2.23. The molecule has 0 atom stereocenters. The van der Waals surface area contributed by atoms with Crippen molar-refractivity contribution in [2.75, 3.05) is 12.4 Å². The van der Waals surface area contributed by atoms with Crippen LogP contribution in [-0.2, 0) is 0 Å². The highest BCUT2D eigenvalue weighted by Gasteiger charge is 2.13. The molecule has 0 bridgehead atoms. The summed E-state index contributed by atoms with van der Waals surface area (Å²) < 4.78 is 1.73. The standard InChI is InChI=1S/C21H24N2O2S/c1-15-10-11-17(14-16(15)2)23-20(25)18-8-4-5-9-19(18)22-21(23)26-13-7-3-6-12-24/h4-5,8-11,14,24H,3,6-7,12-13H2,1-2H3. The average Bonchev–Trinajstić information content (AvgIpc) is 2.64. The average molecular weight is 369 g/mol. The Bertz CT molecular complexity index is 966. The second-order valence-electron chi connectivity index (χ2n) is 6.45. The van der Waals surface area contributed by atoms with Crippen LogP contribution in [-0.4, -0.2) is 27.0 Å². The van der Waals surface area contributed by atoms with E-state index < -0.39 is 0 Å². The monoisotopic (exact) mass is 368 g/mol. The van der Waals surface area contributed by atoms with Crippen LogP contribution in [0.4, 0.5) is 0 Å². The van der Waals surface area contributed by atoms with Gasteiger partial charge in [-0.3, -0.25) is 9.36 Å². The zero-order valence-electron chi connectivity index (χ0n) is 15.2. The number of nitrogens with zero attached hydrogens (tertiary/aromatic N) is 2. The van der Waals surface area contributed by atoms with Crippen LogP contribution in [0.2, 0.25) is 0 Å². The number of aliphatic hydroxyl groups excluding tert-OH is 1. The van der Waals surface area contributed by atoms with E-state index in [1.807, 2.05) is 42.5 Å². The molecular formula is C21H24N2O2S. The minimum Gasteiger partial charge on any atom is -0.396 e. The van der Waals surface area contributed by atoms with Crippen molar-refractivity contribution in [1.82, 2.24) is 9.55 Å². The van der Waals surface area contributed by atoms with Gasteiger partial charge in [-0.15, -0.1) is 0 Å². The number of thioether (sulfide) groups is 1. The van der Waals surface area contributed by atoms with Gasteiger partial charge in [0.2, 0.25) is 0 Å². The van der Waals surface area contributed by atoms with Crippen molar-refractivity contribution in [3.8, 4) is 5.69 Å². The number of unbranched alkanes of at least 4 members (excludes halogenated alkanes) is 2. The van der Waals surface area contributed by atoms with E-state index in [9.17, 15) is 4.79 Å². The number of hydrogen-bond donors (Lipinski definition) is 1. The van der Waals surface area contributed by atoms with Gasteiger partial charge in [0.15, 0.2) is 5.16 Å². The first-order valence-electron chi connectivity index (χ1n) is 8.95. The van der Waals surface area contributed by atoms with E-state index in [1.165, 1.54) is 5.56 Å². The molecule has 0 saturated heterocycles. The van der Waals surface area contributed by atoms with E-state index >= 15 is 0 Å². The van der Waals surface area contributed by atoms with E-state index in [0.717, 1.165) is 46.9 Å². The second kappa shape index (κ2) is 8.52. The van der Waals surface area contributed by atoms with Crippen LogP contribution in [0.25, 0.3) is 16.6 Å². The SMILES string of the molecule is Cc1ccc(-n2c(SCCCCCO)nc3ccccc3c2=O)cc1C. The van der Waals surface area contributed by atoms with Gasteiger partial charge in [-0.05, 0) is 62.1 Å². The molecule has 2 aromatic carbocycles. The molecule has 1 heterocycles. The molecule has 1 aromatic heterocycles. The van der Waals surface area contributed by atoms with Gasteiger partial charge in [0.1, 0.15) is 0 Å². The zero-order chi connectivity index (χ0) is 18.5. The number of hydrogen-bond acceptors (Lipinski definition) is 4. The summed E-state index contributed by atoms with van der Waals surface area (Å²) in [5, 5.41) is 10.3. The van der Waals surface area contributed by atoms with E-state index in [4.69, 9.17) is 10.1 Å². The molecule has 4 nitrogen and oxygen atoms in total. The highest BCUT2D eigenvalue weighted by atomic mass is 32.2. The third kappa shape index (κ3) is 4.00. The highest BCUT2D eigenvalue weighted by molar-refractivity contribution is 7.99. The van der Waals surface area contributed by atoms with Gasteiger partial charge in [-0.2, -0.15) is 0 Å². The maximum Gasteiger partial charge on any atom is 0.266 e. The molecule has 0 saturated carbocycles. The number of aryl methyl sites for hydroxylation is 2. The second-order valence-corrected chi connectivity index (χ2v) is 7.52. The van der Waals surface area contributed by atoms with Crippen molar-refractivity contribution in [3.63, 3.8) is 0 Å². The predicted molar refractivity (Wildman–Crippen MR) is 108 cm³/mol. The summed E-state index contributed by atoms with van der Waals surface area (Å²) in [6.45, 7) is 4.35. The van der Waals surface area contributed by atoms with Crippen LogP contribution in [0.3, 0.4) is 0 Å². The minimum atomic E-state index is -0.0308. The molecule has 5 heteroatoms. The summed E-state index contributed by atoms with van der Waals surface area (Å²) in [5.41, 5.74) is 3.91. The number of aromatic nitrogens is 2. The first kappa shape index (κ1) is 18.7. The summed E-state index contributed by atoms with van der Waals surface area (Å²) in [6.07, 6.45) is 2.78. The quantitative estimate of drug-likeness (QED) is 0.385. The van der Waals surface area contributed by atoms with E-state index in [0.29, 0.717) is 5.39 Å². The normalized spacial score (nSPS) is 11.2. The smallest absolute Gasteiger partial charge is 0.266 e. The van der Waals surface area contributed by atoms with Crippen LogP contribution in [0, 0.1) is 13.8 Å². The molecule has 0 aliphatic heterocycles. The lowest BCUT2D eigenvalue weighted by Crippen LogP contribution is -2.22. The first-order chi connectivity index (χ1) is 12.6. The van der Waals surface area contributed by atoms with Crippen LogP contribution in [0.5, 0.6) is 0 Å². The van der Waals surface area contributed by atoms with Crippen molar-refractivity contribution in [3.05, 3.63) is 63.9 Å². The number of para-hydroxylation sites is 1. The van der Waals surface area contributed by atoms with Crippen molar-refractivity contribution in [2.24, 2.45) is 0 Å². The van der Waals surface area contributed by atoms with Crippen LogP contribution >= 0.6 is 11.8 Å². The molecule has 1 N–H and O–H groups in total. The maximum atomic E-state index is 13.2. The number of fused-ring (bicyclic) bond motifs is 1. The molecule has 136 valence electrons. The molecule has 0 amide bonds. The van der Waals surface area contributed by atoms with Crippen LogP contribution in [0.15, 0.2) is 52.4 Å². The number of rotatable bonds is 7. The topological polar surface area (TPSA) is 55.1 Å². The maximum absolute atomic E-state index is 13.2. The Morgan fingerprint density at radius 1 is 1.04 bits per heavy atom. The lowest BCUT2D eigenvalue weighted by atomic mass is 10.1. The third-order valence-corrected chi connectivity index (χ3v) is 5.55. The first-order valence-corrected chi connectivity index (χ1v) is 9.93. The van der Waals surface area contributed by atoms with E-state index in [1.54, 1.807) is 16.3 Å². The van der Waals surface area contributed by atoms with Gasteiger partial charge in [0.05, 0.1) is 16.6 Å². The van der Waals surface area contributed by atoms with Crippen molar-refractivity contribution < 1.29 is 5.11 Å². The Labute approximate surface area is 157 Å². The lowest BCUT2D eigenvalue weighted by Gasteiger charge is -2.14. The van der Waals surface area contributed by atoms with Gasteiger partial charge in [-0.1, -0.05) is 36.4 Å². The molecule has 0 unspecified atom stereocenters. The largest absolute Gasteiger partial charge is 0.396 e. The van der Waals surface area contributed by atoms with Crippen LogP contribution in [0.1, 0.15) is 30.4 Å². The van der Waals surface area contributed by atoms with Crippen molar-refractivity contribution >= 4 is 22.7 Å². The molecule has 0 radical (unpaired) electrons. The summed E-state index contributed by atoms with van der Waals surface area (Å²) in [6, 6.07) is 13.6. The summed E-state index contributed by atoms with van der Waals surface area (Å²) in [4.78, 5) is 17.9. The third-order valence-electron chi connectivity index (χ3n) is 4.53. The molecule has 3 aromatic rings. The molecule has 0 aliphatic carbocycles. The Morgan fingerprint density at radius 3 is 2.62 bits per heavy atom. The fourth-order valence-electron chi connectivity index (χ4n) is 2.86. The molecule has 0 aliphatic rings. The summed E-state index contributed by atoms with van der Waals surface area (Å²) in [5.74, 6) is 0.871. The van der Waals surface area contributed by atoms with Gasteiger partial charge < -0.3 is 5.11 Å². The van der Waals surface area contributed by atoms with E-state index in [2.05, 4.69) is 13.8 Å². The molecule has 26 heavy (non-hydrogen) atoms. The fraction of sp³-hybridized carbons (Fsp3) is 0.333. The molecule has 3 rings (SSSR count). The molecular weight excluding hydrogens is 344 g/mol. The Balaban J connectivity index is 2.05. The number of benzene rings is 2. The van der Waals surface area contributed by atoms with Gasteiger partial charge >= 0.3 is 0 Å². The number of aliphatic hydroxyl groups is 1. The van der Waals surface area contributed by atoms with Gasteiger partial charge in [0.25, 0.3) is 5.56 Å². The lowest BCUT2D eigenvalue weighted by molar-refractivity contribution is 0.284. The fourth-order valence-corrected chi connectivity index (χ4v) is 3.87. The Morgan fingerprint density at radius 2 is 1.85 bits per heavy atom. The van der Waals surface area contributed by atoms with E-state index in [-0.39, 0.29) is 12.2 Å². The van der Waals surface area contributed by atoms with Crippen molar-refractivity contribution in [1.29, 1.82) is 0 Å². The van der Waals surface area contributed by atoms with Crippen LogP contribution < -0.4 is 5.56 Å². The zero-order valence-corrected chi connectivity index (χ0v) is 16.1. The Hall–Kier alpha value is -2.11. The molecule has 0 fully saturated rings. The Kier molecular flexibility index (Phi) is 6.12. The molecule has 0 spiro atoms. The van der Waals surface area contributed by atoms with Gasteiger partial charge in [0, 0.05) is 12.4 Å². The predicted octanol–water partition coefficient (Wildman–Crippen LogP) is 4.26. The summed E-state index contributed by atoms with van der Waals surface area (Å²) >= 11 is 1.60. The van der Waals surface area contributed by atoms with Crippen molar-refractivity contribution in [2.45, 2.75) is 38.3 Å². The minimum absolute atomic E-state index is 0.0308. The van der Waals surface area contributed by atoms with Gasteiger partial charge in [-0.25, -0.2) is 4.98 Å². The summed E-state index contributed by atoms with van der Waals surface area (Å²) in [7, 11) is 0.